The molecule has 8 nitrogen and oxygen atoms in total. The number of amides is 2. The maximum Gasteiger partial charge on any atom is 0.418 e. The fourth-order valence-corrected chi connectivity index (χ4v) is 6.60. The molecular formula is C28H30F3N5O3. The quantitative estimate of drug-likeness (QED) is 0.507. The van der Waals surface area contributed by atoms with E-state index in [0.29, 0.717) is 58.0 Å². The fraction of sp³-hybridized carbons (Fsp3) is 0.500. The highest BCUT2D eigenvalue weighted by Crippen LogP contribution is 2.38. The Morgan fingerprint density at radius 1 is 1.05 bits per heavy atom. The largest absolute Gasteiger partial charge is 0.418 e. The molecule has 0 radical (unpaired) electrons. The Hall–Kier alpha value is -3.15. The number of pyridine rings is 1. The van der Waals surface area contributed by atoms with E-state index in [1.165, 1.54) is 0 Å². The molecule has 2 aromatic heterocycles. The van der Waals surface area contributed by atoms with E-state index in [2.05, 4.69) is 15.3 Å². The second-order valence-electron chi connectivity index (χ2n) is 10.9. The van der Waals surface area contributed by atoms with Gasteiger partial charge in [0.1, 0.15) is 5.65 Å². The number of H-pyrrole nitrogens is 1. The molecule has 0 saturated carbocycles. The molecule has 4 aliphatic rings. The predicted octanol–water partition coefficient (Wildman–Crippen LogP) is 4.25. The van der Waals surface area contributed by atoms with Crippen molar-refractivity contribution in [3.63, 3.8) is 0 Å². The van der Waals surface area contributed by atoms with Crippen LogP contribution >= 0.6 is 0 Å². The molecule has 3 saturated heterocycles. The predicted molar refractivity (Wildman–Crippen MR) is 137 cm³/mol. The van der Waals surface area contributed by atoms with E-state index in [0.717, 1.165) is 41.3 Å². The third kappa shape index (κ3) is 4.36. The van der Waals surface area contributed by atoms with E-state index in [1.54, 1.807) is 12.3 Å². The third-order valence-electron chi connectivity index (χ3n) is 8.58. The van der Waals surface area contributed by atoms with Crippen LogP contribution in [-0.4, -0.2) is 77.4 Å². The second-order valence-corrected chi connectivity index (χ2v) is 10.9. The summed E-state index contributed by atoms with van der Waals surface area (Å²) in [7, 11) is 0. The van der Waals surface area contributed by atoms with Gasteiger partial charge in [0.25, 0.3) is 0 Å². The normalized spacial score (nSPS) is 25.3. The van der Waals surface area contributed by atoms with E-state index in [9.17, 15) is 18.0 Å². The molecule has 7 rings (SSSR count). The van der Waals surface area contributed by atoms with Crippen LogP contribution in [0.5, 0.6) is 0 Å². The molecule has 1 aromatic carbocycles. The Balaban J connectivity index is 1.26. The summed E-state index contributed by atoms with van der Waals surface area (Å²) < 4.78 is 52.2. The van der Waals surface area contributed by atoms with Crippen LogP contribution in [0.2, 0.25) is 0 Å². The van der Waals surface area contributed by atoms with Crippen molar-refractivity contribution in [3.05, 3.63) is 52.8 Å². The van der Waals surface area contributed by atoms with Gasteiger partial charge in [0.2, 0.25) is 0 Å². The first-order valence-electron chi connectivity index (χ1n) is 13.5. The maximum atomic E-state index is 13.7. The number of rotatable bonds is 2. The molecule has 4 aliphatic heterocycles. The van der Waals surface area contributed by atoms with Crippen molar-refractivity contribution in [2.45, 2.75) is 50.1 Å². The van der Waals surface area contributed by atoms with Crippen LogP contribution < -0.4 is 5.32 Å². The summed E-state index contributed by atoms with van der Waals surface area (Å²) in [6.45, 7) is 4.09. The number of nitrogens with one attached hydrogen (secondary N) is 2. The number of aromatic amines is 1. The van der Waals surface area contributed by atoms with E-state index >= 15 is 0 Å². The number of fused-ring (bicyclic) bond motifs is 4. The summed E-state index contributed by atoms with van der Waals surface area (Å²) in [4.78, 5) is 24.6. The molecule has 6 heterocycles. The molecule has 3 fully saturated rings. The minimum atomic E-state index is -4.47. The molecule has 3 aromatic rings. The highest BCUT2D eigenvalue weighted by atomic mass is 19.4. The van der Waals surface area contributed by atoms with Gasteiger partial charge in [-0.05, 0) is 53.6 Å². The molecule has 0 spiro atoms. The third-order valence-corrected chi connectivity index (χ3v) is 8.58. The van der Waals surface area contributed by atoms with E-state index in [1.807, 2.05) is 21.9 Å². The number of benzene rings is 1. The minimum Gasteiger partial charge on any atom is -0.378 e. The number of halogens is 3. The molecular weight excluding hydrogens is 511 g/mol. The average molecular weight is 542 g/mol. The average Bonchev–Trinajstić information content (AvgIpc) is 3.49. The molecule has 39 heavy (non-hydrogen) atoms. The van der Waals surface area contributed by atoms with Crippen molar-refractivity contribution >= 4 is 17.1 Å². The number of nitrogens with zero attached hydrogens (tertiary/aromatic N) is 3. The minimum absolute atomic E-state index is 0.0512. The summed E-state index contributed by atoms with van der Waals surface area (Å²) in [6, 6.07) is 5.92. The van der Waals surface area contributed by atoms with Crippen molar-refractivity contribution in [1.82, 2.24) is 25.1 Å². The van der Waals surface area contributed by atoms with Crippen LogP contribution in [0, 0.1) is 0 Å². The number of alkyl halides is 3. The number of carbonyl (C=O) groups is 1. The number of ether oxygens (including phenoxy) is 2. The first-order chi connectivity index (χ1) is 18.9. The van der Waals surface area contributed by atoms with Gasteiger partial charge < -0.3 is 29.6 Å². The van der Waals surface area contributed by atoms with Crippen LogP contribution in [-0.2, 0) is 28.6 Å². The highest BCUT2D eigenvalue weighted by Gasteiger charge is 2.43. The molecule has 2 unspecified atom stereocenters. The van der Waals surface area contributed by atoms with Gasteiger partial charge in [-0.3, -0.25) is 0 Å². The molecule has 206 valence electrons. The number of carbonyl (C=O) groups excluding carboxylic acids is 1. The van der Waals surface area contributed by atoms with Gasteiger partial charge in [-0.25, -0.2) is 9.78 Å². The van der Waals surface area contributed by atoms with Crippen molar-refractivity contribution in [1.29, 1.82) is 0 Å². The lowest BCUT2D eigenvalue weighted by Gasteiger charge is -2.40. The first-order valence-corrected chi connectivity index (χ1v) is 13.5. The molecule has 3 atom stereocenters. The summed E-state index contributed by atoms with van der Waals surface area (Å²) in [6.07, 6.45) is 0.738. The monoisotopic (exact) mass is 541 g/mol. The zero-order valence-electron chi connectivity index (χ0n) is 21.4. The van der Waals surface area contributed by atoms with Crippen molar-refractivity contribution in [2.75, 3.05) is 39.5 Å². The van der Waals surface area contributed by atoms with Crippen molar-refractivity contribution in [2.24, 2.45) is 0 Å². The zero-order valence-corrected chi connectivity index (χ0v) is 21.4. The Morgan fingerprint density at radius 2 is 1.87 bits per heavy atom. The van der Waals surface area contributed by atoms with Crippen LogP contribution in [0.25, 0.3) is 22.2 Å². The molecule has 0 aliphatic carbocycles. The summed E-state index contributed by atoms with van der Waals surface area (Å²) in [5.74, 6) is 0. The second kappa shape index (κ2) is 9.50. The van der Waals surface area contributed by atoms with Gasteiger partial charge in [0.15, 0.2) is 0 Å². The number of aromatic nitrogens is 2. The zero-order chi connectivity index (χ0) is 26.7. The van der Waals surface area contributed by atoms with Gasteiger partial charge in [-0.1, -0.05) is 6.07 Å². The lowest BCUT2D eigenvalue weighted by molar-refractivity contribution is -0.136. The first kappa shape index (κ1) is 24.9. The van der Waals surface area contributed by atoms with Crippen molar-refractivity contribution < 1.29 is 27.4 Å². The summed E-state index contributed by atoms with van der Waals surface area (Å²) in [5, 5.41) is 3.58. The van der Waals surface area contributed by atoms with Crippen LogP contribution in [0.3, 0.4) is 0 Å². The van der Waals surface area contributed by atoms with E-state index < -0.39 is 11.7 Å². The Morgan fingerprint density at radius 3 is 2.62 bits per heavy atom. The highest BCUT2D eigenvalue weighted by molar-refractivity contribution is 5.85. The van der Waals surface area contributed by atoms with Crippen LogP contribution in [0.1, 0.15) is 41.1 Å². The molecule has 11 heteroatoms. The number of urea groups is 1. The van der Waals surface area contributed by atoms with Gasteiger partial charge in [-0.15, -0.1) is 0 Å². The molecule has 2 N–H and O–H groups in total. The van der Waals surface area contributed by atoms with Gasteiger partial charge >= 0.3 is 12.2 Å². The fourth-order valence-electron chi connectivity index (χ4n) is 6.60. The lowest BCUT2D eigenvalue weighted by atomic mass is 9.87. The Bertz CT molecular complexity index is 1400. The SMILES string of the molecule is O=C(N1CCc2cc(-c3cnc4[nH]cc(C(F)(F)F)c4c3)cc([C@@H]3COCCN3)c2C1)N1C2CCC1COC2. The standard InChI is InChI=1S/C28H30F3N5O3/c29-28(30,31)24-11-34-26-22(24)9-18(10-33-26)17-7-16-3-5-35(27(37)36-19-1-2-20(36)14-39-13-19)12-23(16)21(8-17)25-15-38-6-4-32-25/h7-11,19-20,25,32H,1-6,12-15H2,(H,33,34)/t19?,20?,25-/m0/s1. The topological polar surface area (TPSA) is 82.7 Å². The van der Waals surface area contributed by atoms with Gasteiger partial charge in [0.05, 0.1) is 50.1 Å². The van der Waals surface area contributed by atoms with Crippen molar-refractivity contribution in [3.8, 4) is 11.1 Å². The lowest BCUT2D eigenvalue weighted by Crippen LogP contribution is -2.55. The van der Waals surface area contributed by atoms with Crippen LogP contribution in [0.4, 0.5) is 18.0 Å². The Labute approximate surface area is 223 Å². The number of hydrogen-bond donors (Lipinski definition) is 2. The van der Waals surface area contributed by atoms with Gasteiger partial charge in [-0.2, -0.15) is 13.2 Å². The summed E-state index contributed by atoms with van der Waals surface area (Å²) >= 11 is 0. The number of morpholine rings is 2. The Kier molecular flexibility index (Phi) is 6.05. The maximum absolute atomic E-state index is 13.7. The van der Waals surface area contributed by atoms with Gasteiger partial charge in [0, 0.05) is 43.0 Å². The molecule has 2 amide bonds. The van der Waals surface area contributed by atoms with E-state index in [4.69, 9.17) is 9.47 Å². The smallest absolute Gasteiger partial charge is 0.378 e. The molecule has 2 bridgehead atoms. The van der Waals surface area contributed by atoms with Crippen LogP contribution in [0.15, 0.2) is 30.6 Å². The van der Waals surface area contributed by atoms with E-state index in [-0.39, 0.29) is 35.2 Å². The summed E-state index contributed by atoms with van der Waals surface area (Å²) in [5.41, 5.74) is 4.14. The number of hydrogen-bond acceptors (Lipinski definition) is 5.